The molecular weight excluding hydrogens is 381 g/mol. The Balaban J connectivity index is 2.16. The molecule has 0 aliphatic heterocycles. The van der Waals surface area contributed by atoms with Gasteiger partial charge in [0.25, 0.3) is 0 Å². The second-order valence-corrected chi connectivity index (χ2v) is 7.12. The Hall–Kier alpha value is -2.53. The van der Waals surface area contributed by atoms with Gasteiger partial charge in [0.15, 0.2) is 11.5 Å². The minimum Gasteiger partial charge on any atom is -0.493 e. The number of hydrogen-bond acceptors (Lipinski definition) is 3. The van der Waals surface area contributed by atoms with E-state index in [0.717, 1.165) is 5.56 Å². The highest BCUT2D eigenvalue weighted by atomic mass is 35.5. The minimum atomic E-state index is -0.305. The predicted octanol–water partition coefficient (Wildman–Crippen LogP) is 5.51. The fraction of sp³-hybridized carbons (Fsp3) is 0.318. The van der Waals surface area contributed by atoms with Crippen molar-refractivity contribution in [2.75, 3.05) is 14.2 Å². The number of methoxy groups -OCH3 is 1. The molecule has 28 heavy (non-hydrogen) atoms. The van der Waals surface area contributed by atoms with Crippen LogP contribution in [-0.4, -0.2) is 31.1 Å². The molecule has 2 aromatic rings. The zero-order valence-corrected chi connectivity index (χ0v) is 17.5. The van der Waals surface area contributed by atoms with E-state index in [1.807, 2.05) is 20.8 Å². The van der Waals surface area contributed by atoms with E-state index in [2.05, 4.69) is 0 Å². The second kappa shape index (κ2) is 9.60. The standard InChI is InChI=1S/C22H25ClFNO3/c1-14(2)28-22-19(23)12-16(13-20(22)27-5)6-11-21(26)25(4)15(3)17-7-9-18(24)10-8-17/h6-15H,1-5H3/b11-6+. The molecule has 0 fully saturated rings. The van der Waals surface area contributed by atoms with Crippen LogP contribution >= 0.6 is 11.6 Å². The predicted molar refractivity (Wildman–Crippen MR) is 110 cm³/mol. The first-order valence-corrected chi connectivity index (χ1v) is 9.35. The summed E-state index contributed by atoms with van der Waals surface area (Å²) in [5.74, 6) is 0.487. The fourth-order valence-corrected chi connectivity index (χ4v) is 2.89. The normalized spacial score (nSPS) is 12.3. The van der Waals surface area contributed by atoms with Crippen LogP contribution in [0, 0.1) is 5.82 Å². The Morgan fingerprint density at radius 1 is 1.18 bits per heavy atom. The van der Waals surface area contributed by atoms with Crippen LogP contribution in [0.2, 0.25) is 5.02 Å². The van der Waals surface area contributed by atoms with E-state index in [0.29, 0.717) is 22.1 Å². The molecule has 0 aromatic heterocycles. The number of halogens is 2. The smallest absolute Gasteiger partial charge is 0.246 e. The summed E-state index contributed by atoms with van der Waals surface area (Å²) < 4.78 is 24.1. The van der Waals surface area contributed by atoms with E-state index in [9.17, 15) is 9.18 Å². The molecule has 0 spiro atoms. The lowest BCUT2D eigenvalue weighted by atomic mass is 10.1. The van der Waals surface area contributed by atoms with Gasteiger partial charge < -0.3 is 14.4 Å². The largest absolute Gasteiger partial charge is 0.493 e. The summed E-state index contributed by atoms with van der Waals surface area (Å²) in [5.41, 5.74) is 1.57. The maximum Gasteiger partial charge on any atom is 0.246 e. The van der Waals surface area contributed by atoms with Crippen LogP contribution < -0.4 is 9.47 Å². The van der Waals surface area contributed by atoms with E-state index in [1.54, 1.807) is 42.3 Å². The van der Waals surface area contributed by atoms with Crippen molar-refractivity contribution in [2.24, 2.45) is 0 Å². The van der Waals surface area contributed by atoms with Crippen molar-refractivity contribution in [3.8, 4) is 11.5 Å². The summed E-state index contributed by atoms with van der Waals surface area (Å²) in [5, 5.41) is 0.410. The number of nitrogens with zero attached hydrogens (tertiary/aromatic N) is 1. The molecule has 0 radical (unpaired) electrons. The molecule has 0 heterocycles. The average molecular weight is 406 g/mol. The zero-order valence-electron chi connectivity index (χ0n) is 16.7. The topological polar surface area (TPSA) is 38.8 Å². The summed E-state index contributed by atoms with van der Waals surface area (Å²) in [6.45, 7) is 5.69. The van der Waals surface area contributed by atoms with E-state index < -0.39 is 0 Å². The first kappa shape index (κ1) is 21.8. The molecule has 2 aromatic carbocycles. The monoisotopic (exact) mass is 405 g/mol. The van der Waals surface area contributed by atoms with Crippen molar-refractivity contribution in [1.82, 2.24) is 4.90 Å². The van der Waals surface area contributed by atoms with E-state index >= 15 is 0 Å². The first-order valence-electron chi connectivity index (χ1n) is 8.97. The lowest BCUT2D eigenvalue weighted by molar-refractivity contribution is -0.126. The highest BCUT2D eigenvalue weighted by Gasteiger charge is 2.16. The van der Waals surface area contributed by atoms with Crippen molar-refractivity contribution in [3.63, 3.8) is 0 Å². The van der Waals surface area contributed by atoms with Crippen LogP contribution in [0.5, 0.6) is 11.5 Å². The van der Waals surface area contributed by atoms with Gasteiger partial charge in [0.05, 0.1) is 24.3 Å². The number of likely N-dealkylation sites (N-methyl/N-ethyl adjacent to an activating group) is 1. The van der Waals surface area contributed by atoms with Gasteiger partial charge in [-0.1, -0.05) is 23.7 Å². The molecule has 0 N–H and O–H groups in total. The minimum absolute atomic E-state index is 0.0454. The van der Waals surface area contributed by atoms with Crippen LogP contribution in [0.4, 0.5) is 4.39 Å². The second-order valence-electron chi connectivity index (χ2n) is 6.71. The van der Waals surface area contributed by atoms with Crippen LogP contribution in [0.3, 0.4) is 0 Å². The Morgan fingerprint density at radius 3 is 2.39 bits per heavy atom. The molecule has 0 saturated carbocycles. The molecule has 0 aliphatic rings. The Bertz CT molecular complexity index is 850. The lowest BCUT2D eigenvalue weighted by Crippen LogP contribution is -2.27. The van der Waals surface area contributed by atoms with Gasteiger partial charge in [0, 0.05) is 13.1 Å². The number of carbonyl (C=O) groups excluding carboxylic acids is 1. The Kier molecular flexibility index (Phi) is 7.46. The number of benzene rings is 2. The van der Waals surface area contributed by atoms with Gasteiger partial charge in [0.1, 0.15) is 5.82 Å². The number of hydrogen-bond donors (Lipinski definition) is 0. The number of rotatable bonds is 7. The molecule has 150 valence electrons. The van der Waals surface area contributed by atoms with Crippen molar-refractivity contribution in [1.29, 1.82) is 0 Å². The van der Waals surface area contributed by atoms with Crippen LogP contribution in [0.15, 0.2) is 42.5 Å². The van der Waals surface area contributed by atoms with Crippen molar-refractivity contribution in [2.45, 2.75) is 32.9 Å². The summed E-state index contributed by atoms with van der Waals surface area (Å²) in [6.07, 6.45) is 3.09. The fourth-order valence-electron chi connectivity index (χ4n) is 2.63. The summed E-state index contributed by atoms with van der Waals surface area (Å²) in [7, 11) is 3.24. The Labute approximate surface area is 170 Å². The maximum atomic E-state index is 13.1. The summed E-state index contributed by atoms with van der Waals surface area (Å²) >= 11 is 6.31. The molecule has 2 rings (SSSR count). The highest BCUT2D eigenvalue weighted by molar-refractivity contribution is 6.32. The van der Waals surface area contributed by atoms with E-state index in [1.165, 1.54) is 25.3 Å². The van der Waals surface area contributed by atoms with Gasteiger partial charge in [-0.15, -0.1) is 0 Å². The third-order valence-electron chi connectivity index (χ3n) is 4.30. The van der Waals surface area contributed by atoms with Gasteiger partial charge in [-0.3, -0.25) is 4.79 Å². The van der Waals surface area contributed by atoms with Crippen LogP contribution in [0.25, 0.3) is 6.08 Å². The zero-order chi connectivity index (χ0) is 20.8. The average Bonchev–Trinajstić information content (AvgIpc) is 2.66. The van der Waals surface area contributed by atoms with Crippen molar-refractivity contribution < 1.29 is 18.7 Å². The highest BCUT2D eigenvalue weighted by Crippen LogP contribution is 2.37. The Morgan fingerprint density at radius 2 is 1.82 bits per heavy atom. The third-order valence-corrected chi connectivity index (χ3v) is 4.59. The SMILES string of the molecule is COc1cc(/C=C/C(=O)N(C)C(C)c2ccc(F)cc2)cc(Cl)c1OC(C)C. The molecule has 0 bridgehead atoms. The van der Waals surface area contributed by atoms with Gasteiger partial charge in [-0.05, 0) is 62.2 Å². The molecule has 6 heteroatoms. The number of ether oxygens (including phenoxy) is 2. The van der Waals surface area contributed by atoms with E-state index in [4.69, 9.17) is 21.1 Å². The molecular formula is C22H25ClFNO3. The van der Waals surface area contributed by atoms with Gasteiger partial charge in [0.2, 0.25) is 5.91 Å². The van der Waals surface area contributed by atoms with Gasteiger partial charge in [-0.2, -0.15) is 0 Å². The van der Waals surface area contributed by atoms with E-state index in [-0.39, 0.29) is 23.9 Å². The van der Waals surface area contributed by atoms with Crippen molar-refractivity contribution >= 4 is 23.6 Å². The summed E-state index contributed by atoms with van der Waals surface area (Å²) in [4.78, 5) is 14.1. The number of carbonyl (C=O) groups is 1. The molecule has 0 aliphatic carbocycles. The molecule has 1 unspecified atom stereocenters. The number of amides is 1. The first-order chi connectivity index (χ1) is 13.2. The third kappa shape index (κ3) is 5.49. The molecule has 1 amide bonds. The maximum absolute atomic E-state index is 13.1. The quantitative estimate of drug-likeness (QED) is 0.570. The molecule has 4 nitrogen and oxygen atoms in total. The van der Waals surface area contributed by atoms with Gasteiger partial charge in [-0.25, -0.2) is 4.39 Å². The van der Waals surface area contributed by atoms with Crippen LogP contribution in [-0.2, 0) is 4.79 Å². The molecule has 1 atom stereocenters. The summed E-state index contributed by atoms with van der Waals surface area (Å²) in [6, 6.07) is 9.39. The molecule has 0 saturated heterocycles. The lowest BCUT2D eigenvalue weighted by Gasteiger charge is -2.24. The van der Waals surface area contributed by atoms with Crippen LogP contribution in [0.1, 0.15) is 37.9 Å². The van der Waals surface area contributed by atoms with Gasteiger partial charge >= 0.3 is 0 Å². The van der Waals surface area contributed by atoms with Crippen molar-refractivity contribution in [3.05, 3.63) is 64.4 Å².